The van der Waals surface area contributed by atoms with Gasteiger partial charge in [-0.15, -0.1) is 0 Å². The second kappa shape index (κ2) is 8.01. The van der Waals surface area contributed by atoms with Crippen LogP contribution in [0.25, 0.3) is 33.5 Å². The summed E-state index contributed by atoms with van der Waals surface area (Å²) in [6.07, 6.45) is 1.20. The third kappa shape index (κ3) is 3.86. The third-order valence-electron chi connectivity index (χ3n) is 5.05. The molecule has 4 nitrogen and oxygen atoms in total. The minimum absolute atomic E-state index is 0.521. The first-order valence-electron chi connectivity index (χ1n) is 9.43. The van der Waals surface area contributed by atoms with Gasteiger partial charge in [-0.3, -0.25) is 4.31 Å². The summed E-state index contributed by atoms with van der Waals surface area (Å²) in [5, 5.41) is 0.642. The number of halogens is 1. The average molecular weight is 437 g/mol. The number of nitrogens with one attached hydrogen (secondary N) is 1. The fourth-order valence-corrected chi connectivity index (χ4v) is 4.10. The third-order valence-corrected chi connectivity index (χ3v) is 6.48. The van der Waals surface area contributed by atoms with Crippen LogP contribution in [0, 0.1) is 0 Å². The molecule has 0 radical (unpaired) electrons. The zero-order valence-corrected chi connectivity index (χ0v) is 18.2. The van der Waals surface area contributed by atoms with Gasteiger partial charge in [-0.05, 0) is 28.8 Å². The molecule has 0 aliphatic carbocycles. The Hall–Kier alpha value is -3.02. The van der Waals surface area contributed by atoms with E-state index in [1.54, 1.807) is 7.05 Å². The number of aromatic nitrogens is 1. The van der Waals surface area contributed by atoms with E-state index in [-0.39, 0.29) is 0 Å². The number of rotatable bonds is 5. The molecule has 0 amide bonds. The Morgan fingerprint density at radius 3 is 1.73 bits per heavy atom. The lowest BCUT2D eigenvalue weighted by Gasteiger charge is -2.18. The molecule has 4 rings (SSSR count). The highest BCUT2D eigenvalue weighted by atomic mass is 35.5. The molecule has 0 saturated carbocycles. The summed E-state index contributed by atoms with van der Waals surface area (Å²) < 4.78 is 26.2. The minimum Gasteiger partial charge on any atom is -0.340 e. The predicted octanol–water partition coefficient (Wildman–Crippen LogP) is 6.06. The summed E-state index contributed by atoms with van der Waals surface area (Å²) in [6.45, 7) is 0. The summed E-state index contributed by atoms with van der Waals surface area (Å²) in [7, 11) is -1.92. The van der Waals surface area contributed by atoms with Crippen LogP contribution < -0.4 is 4.31 Å². The van der Waals surface area contributed by atoms with Crippen molar-refractivity contribution in [1.82, 2.24) is 4.98 Å². The molecule has 0 bridgehead atoms. The fraction of sp³-hybridized carbons (Fsp3) is 0.0833. The molecule has 3 aromatic carbocycles. The SMILES string of the molecule is CN(c1[nH]c(-c2ccc(Cl)cc2)c(-c2ccccc2)c1-c1ccccc1)S(C)(=O)=O. The Labute approximate surface area is 181 Å². The molecule has 1 aromatic heterocycles. The average Bonchev–Trinajstić information content (AvgIpc) is 3.14. The molecule has 0 aliphatic rings. The fourth-order valence-electron chi connectivity index (χ4n) is 3.50. The van der Waals surface area contributed by atoms with E-state index in [2.05, 4.69) is 4.98 Å². The normalized spacial score (nSPS) is 11.4. The van der Waals surface area contributed by atoms with Gasteiger partial charge in [0, 0.05) is 23.2 Å². The van der Waals surface area contributed by atoms with Crippen molar-refractivity contribution in [2.45, 2.75) is 0 Å². The minimum atomic E-state index is -3.48. The molecule has 0 saturated heterocycles. The molecule has 4 aromatic rings. The second-order valence-corrected chi connectivity index (χ2v) is 9.52. The van der Waals surface area contributed by atoms with Crippen LogP contribution in [0.2, 0.25) is 5.02 Å². The maximum absolute atomic E-state index is 12.4. The lowest BCUT2D eigenvalue weighted by molar-refractivity contribution is 0.600. The number of H-pyrrole nitrogens is 1. The Balaban J connectivity index is 2.11. The van der Waals surface area contributed by atoms with Crippen molar-refractivity contribution in [1.29, 1.82) is 0 Å². The van der Waals surface area contributed by atoms with Crippen molar-refractivity contribution >= 4 is 27.4 Å². The summed E-state index contributed by atoms with van der Waals surface area (Å²) in [4.78, 5) is 3.39. The molecule has 30 heavy (non-hydrogen) atoms. The van der Waals surface area contributed by atoms with Gasteiger partial charge in [0.05, 0.1) is 11.9 Å². The van der Waals surface area contributed by atoms with Gasteiger partial charge in [-0.1, -0.05) is 84.4 Å². The summed E-state index contributed by atoms with van der Waals surface area (Å²) in [5.41, 5.74) is 5.45. The molecule has 0 spiro atoms. The number of hydrogen-bond acceptors (Lipinski definition) is 2. The van der Waals surface area contributed by atoms with Crippen LogP contribution in [0.1, 0.15) is 0 Å². The lowest BCUT2D eigenvalue weighted by Crippen LogP contribution is -2.25. The number of benzene rings is 3. The molecule has 1 N–H and O–H groups in total. The standard InChI is InChI=1S/C24H21ClN2O2S/c1-27(30(2,28)29)24-22(18-11-7-4-8-12-18)21(17-9-5-3-6-10-17)23(26-24)19-13-15-20(25)16-14-19/h3-16,26H,1-2H3. The first-order chi connectivity index (χ1) is 14.4. The van der Waals surface area contributed by atoms with Gasteiger partial charge >= 0.3 is 0 Å². The monoisotopic (exact) mass is 436 g/mol. The van der Waals surface area contributed by atoms with E-state index in [9.17, 15) is 8.42 Å². The van der Waals surface area contributed by atoms with Crippen LogP contribution in [0.5, 0.6) is 0 Å². The van der Waals surface area contributed by atoms with Gasteiger partial charge in [0.25, 0.3) is 0 Å². The van der Waals surface area contributed by atoms with Crippen molar-refractivity contribution < 1.29 is 8.42 Å². The van der Waals surface area contributed by atoms with Crippen LogP contribution in [-0.4, -0.2) is 26.7 Å². The zero-order valence-electron chi connectivity index (χ0n) is 16.6. The van der Waals surface area contributed by atoms with Crippen LogP contribution in [0.15, 0.2) is 84.9 Å². The van der Waals surface area contributed by atoms with E-state index in [1.165, 1.54) is 10.6 Å². The van der Waals surface area contributed by atoms with E-state index in [0.29, 0.717) is 10.8 Å². The Morgan fingerprint density at radius 2 is 1.23 bits per heavy atom. The molecule has 0 atom stereocenters. The van der Waals surface area contributed by atoms with Crippen molar-refractivity contribution in [3.63, 3.8) is 0 Å². The van der Waals surface area contributed by atoms with Crippen molar-refractivity contribution in [3.05, 3.63) is 90.0 Å². The Kier molecular flexibility index (Phi) is 5.41. The van der Waals surface area contributed by atoms with Crippen molar-refractivity contribution in [2.24, 2.45) is 0 Å². The maximum atomic E-state index is 12.4. The molecule has 6 heteroatoms. The van der Waals surface area contributed by atoms with Crippen molar-refractivity contribution in [3.8, 4) is 33.5 Å². The lowest BCUT2D eigenvalue weighted by atomic mass is 9.94. The van der Waals surface area contributed by atoms with Crippen LogP contribution in [0.4, 0.5) is 5.82 Å². The van der Waals surface area contributed by atoms with E-state index in [1.807, 2.05) is 84.9 Å². The van der Waals surface area contributed by atoms with E-state index in [0.717, 1.165) is 33.5 Å². The maximum Gasteiger partial charge on any atom is 0.233 e. The van der Waals surface area contributed by atoms with E-state index >= 15 is 0 Å². The van der Waals surface area contributed by atoms with Crippen LogP contribution in [0.3, 0.4) is 0 Å². The first kappa shape index (κ1) is 20.3. The van der Waals surface area contributed by atoms with Gasteiger partial charge in [-0.2, -0.15) is 0 Å². The second-order valence-electron chi connectivity index (χ2n) is 7.07. The topological polar surface area (TPSA) is 53.2 Å². The van der Waals surface area contributed by atoms with Crippen LogP contribution in [-0.2, 0) is 10.0 Å². The number of nitrogens with zero attached hydrogens (tertiary/aromatic N) is 1. The largest absolute Gasteiger partial charge is 0.340 e. The number of aromatic amines is 1. The quantitative estimate of drug-likeness (QED) is 0.413. The molecule has 0 unspecified atom stereocenters. The molecule has 0 fully saturated rings. The van der Waals surface area contributed by atoms with Gasteiger partial charge < -0.3 is 4.98 Å². The highest BCUT2D eigenvalue weighted by Crippen LogP contribution is 2.46. The molecular formula is C24H21ClN2O2S. The number of sulfonamides is 1. The first-order valence-corrected chi connectivity index (χ1v) is 11.7. The Bertz CT molecular complexity index is 1270. The van der Waals surface area contributed by atoms with Crippen LogP contribution >= 0.6 is 11.6 Å². The predicted molar refractivity (Wildman–Crippen MR) is 125 cm³/mol. The van der Waals surface area contributed by atoms with Gasteiger partial charge in [0.2, 0.25) is 10.0 Å². The zero-order chi connectivity index (χ0) is 21.3. The summed E-state index contributed by atoms with van der Waals surface area (Å²) in [5.74, 6) is 0.521. The summed E-state index contributed by atoms with van der Waals surface area (Å²) in [6, 6.07) is 27.3. The molecule has 0 aliphatic heterocycles. The number of hydrogen-bond donors (Lipinski definition) is 1. The van der Waals surface area contributed by atoms with Crippen molar-refractivity contribution in [2.75, 3.05) is 17.6 Å². The highest BCUT2D eigenvalue weighted by molar-refractivity contribution is 7.92. The molecule has 152 valence electrons. The van der Waals surface area contributed by atoms with E-state index in [4.69, 9.17) is 11.6 Å². The number of anilines is 1. The molecular weight excluding hydrogens is 416 g/mol. The van der Waals surface area contributed by atoms with Gasteiger partial charge in [0.1, 0.15) is 5.82 Å². The highest BCUT2D eigenvalue weighted by Gasteiger charge is 2.26. The summed E-state index contributed by atoms with van der Waals surface area (Å²) >= 11 is 6.10. The van der Waals surface area contributed by atoms with Gasteiger partial charge in [-0.25, -0.2) is 8.42 Å². The van der Waals surface area contributed by atoms with E-state index < -0.39 is 10.0 Å². The van der Waals surface area contributed by atoms with Gasteiger partial charge in [0.15, 0.2) is 0 Å². The Morgan fingerprint density at radius 1 is 0.733 bits per heavy atom. The molecule has 1 heterocycles. The smallest absolute Gasteiger partial charge is 0.233 e.